The molecular weight excluding hydrogens is 451 g/mol. The Kier molecular flexibility index (Phi) is 5.20. The summed E-state index contributed by atoms with van der Waals surface area (Å²) >= 11 is 0. The number of likely N-dealkylation sites (tertiary alicyclic amines) is 2. The number of amides is 2. The van der Waals surface area contributed by atoms with Crippen LogP contribution in [0.5, 0.6) is 5.75 Å². The van der Waals surface area contributed by atoms with Gasteiger partial charge in [-0.3, -0.25) is 0 Å². The molecule has 0 spiro atoms. The van der Waals surface area contributed by atoms with Crippen LogP contribution >= 0.6 is 0 Å². The SMILES string of the molecule is O=C(N1CC(c2ccc(OC(F)(F)F)cc2)CC(c2nc(C3CC3)no2)C1)N1CC(F)(F)C1. The van der Waals surface area contributed by atoms with Crippen LogP contribution in [0.2, 0.25) is 0 Å². The van der Waals surface area contributed by atoms with Crippen molar-refractivity contribution in [2.24, 2.45) is 0 Å². The predicted octanol–water partition coefficient (Wildman–Crippen LogP) is 4.49. The molecule has 2 amide bonds. The zero-order valence-electron chi connectivity index (χ0n) is 17.4. The van der Waals surface area contributed by atoms with E-state index in [-0.39, 0.29) is 36.6 Å². The topological polar surface area (TPSA) is 71.7 Å². The molecule has 33 heavy (non-hydrogen) atoms. The summed E-state index contributed by atoms with van der Waals surface area (Å²) < 4.78 is 73.4. The second kappa shape index (κ2) is 7.84. The molecule has 1 aromatic heterocycles. The average Bonchev–Trinajstić information content (AvgIpc) is 3.47. The molecule has 5 rings (SSSR count). The van der Waals surface area contributed by atoms with Crippen molar-refractivity contribution in [3.05, 3.63) is 41.5 Å². The molecule has 178 valence electrons. The minimum Gasteiger partial charge on any atom is -0.406 e. The van der Waals surface area contributed by atoms with Crippen LogP contribution in [0.4, 0.5) is 26.7 Å². The van der Waals surface area contributed by atoms with E-state index in [2.05, 4.69) is 14.9 Å². The van der Waals surface area contributed by atoms with E-state index in [1.165, 1.54) is 29.2 Å². The summed E-state index contributed by atoms with van der Waals surface area (Å²) in [5, 5.41) is 4.03. The van der Waals surface area contributed by atoms with Crippen molar-refractivity contribution in [2.45, 2.75) is 49.3 Å². The van der Waals surface area contributed by atoms with E-state index in [1.807, 2.05) is 0 Å². The minimum absolute atomic E-state index is 0.235. The third kappa shape index (κ3) is 4.88. The van der Waals surface area contributed by atoms with Crippen LogP contribution in [0.15, 0.2) is 28.8 Å². The average molecular weight is 472 g/mol. The zero-order chi connectivity index (χ0) is 23.4. The van der Waals surface area contributed by atoms with Gasteiger partial charge in [0.25, 0.3) is 5.92 Å². The first-order valence-electron chi connectivity index (χ1n) is 10.7. The van der Waals surface area contributed by atoms with E-state index < -0.39 is 31.4 Å². The number of hydrogen-bond acceptors (Lipinski definition) is 5. The van der Waals surface area contributed by atoms with Gasteiger partial charge in [-0.2, -0.15) is 4.98 Å². The van der Waals surface area contributed by atoms with E-state index >= 15 is 0 Å². The van der Waals surface area contributed by atoms with E-state index in [0.717, 1.165) is 17.7 Å². The molecule has 3 aliphatic rings. The van der Waals surface area contributed by atoms with Gasteiger partial charge in [-0.25, -0.2) is 13.6 Å². The second-order valence-corrected chi connectivity index (χ2v) is 8.91. The fourth-order valence-corrected chi connectivity index (χ4v) is 4.39. The number of halogens is 5. The molecule has 0 radical (unpaired) electrons. The highest BCUT2D eigenvalue weighted by Gasteiger charge is 2.48. The molecule has 2 saturated heterocycles. The third-order valence-corrected chi connectivity index (χ3v) is 6.17. The molecular formula is C21H21F5N4O3. The molecule has 1 aliphatic carbocycles. The number of carbonyl (C=O) groups is 1. The highest BCUT2D eigenvalue weighted by atomic mass is 19.4. The quantitative estimate of drug-likeness (QED) is 0.614. The molecule has 2 unspecified atom stereocenters. The maximum Gasteiger partial charge on any atom is 0.573 e. The van der Waals surface area contributed by atoms with E-state index in [9.17, 15) is 26.7 Å². The Bertz CT molecular complexity index is 1010. The summed E-state index contributed by atoms with van der Waals surface area (Å²) in [5.41, 5.74) is 0.697. The van der Waals surface area contributed by atoms with Gasteiger partial charge in [-0.05, 0) is 37.0 Å². The number of hydrogen-bond donors (Lipinski definition) is 0. The van der Waals surface area contributed by atoms with Gasteiger partial charge in [-0.15, -0.1) is 13.2 Å². The first-order chi connectivity index (χ1) is 15.6. The van der Waals surface area contributed by atoms with E-state index in [1.54, 1.807) is 0 Å². The number of urea groups is 1. The van der Waals surface area contributed by atoms with Gasteiger partial charge in [-0.1, -0.05) is 17.3 Å². The Balaban J connectivity index is 1.36. The van der Waals surface area contributed by atoms with Crippen LogP contribution in [-0.4, -0.2) is 64.4 Å². The Morgan fingerprint density at radius 2 is 1.70 bits per heavy atom. The van der Waals surface area contributed by atoms with Crippen LogP contribution in [-0.2, 0) is 0 Å². The van der Waals surface area contributed by atoms with Crippen molar-refractivity contribution >= 4 is 6.03 Å². The smallest absolute Gasteiger partial charge is 0.406 e. The maximum absolute atomic E-state index is 13.3. The Morgan fingerprint density at radius 3 is 2.30 bits per heavy atom. The lowest BCUT2D eigenvalue weighted by Crippen LogP contribution is -2.62. The number of alkyl halides is 5. The van der Waals surface area contributed by atoms with Crippen LogP contribution in [0.25, 0.3) is 0 Å². The summed E-state index contributed by atoms with van der Waals surface area (Å²) in [6.45, 7) is -0.791. The molecule has 2 aromatic rings. The molecule has 2 aliphatic heterocycles. The Labute approximate surface area is 185 Å². The summed E-state index contributed by atoms with van der Waals surface area (Å²) in [6, 6.07) is 4.95. The first kappa shape index (κ1) is 21.9. The van der Waals surface area contributed by atoms with Gasteiger partial charge in [0.2, 0.25) is 5.89 Å². The molecule has 0 bridgehead atoms. The van der Waals surface area contributed by atoms with E-state index in [0.29, 0.717) is 23.7 Å². The Hall–Kier alpha value is -2.92. The predicted molar refractivity (Wildman–Crippen MR) is 103 cm³/mol. The lowest BCUT2D eigenvalue weighted by atomic mass is 9.84. The van der Waals surface area contributed by atoms with Crippen molar-refractivity contribution in [3.63, 3.8) is 0 Å². The fourth-order valence-electron chi connectivity index (χ4n) is 4.39. The van der Waals surface area contributed by atoms with Gasteiger partial charge < -0.3 is 19.1 Å². The number of nitrogens with zero attached hydrogens (tertiary/aromatic N) is 4. The van der Waals surface area contributed by atoms with Gasteiger partial charge in [0.15, 0.2) is 5.82 Å². The standard InChI is InChI=1S/C21H21F5N4O3/c22-20(23)10-30(11-20)19(31)29-8-14(12-3-5-16(6-4-12)32-21(24,25)26)7-15(9-29)18-27-17(28-33-18)13-1-2-13/h3-6,13-15H,1-2,7-11H2. The van der Waals surface area contributed by atoms with Crippen LogP contribution in [0.1, 0.15) is 54.3 Å². The third-order valence-electron chi connectivity index (χ3n) is 6.17. The number of ether oxygens (including phenoxy) is 1. The molecule has 3 heterocycles. The molecule has 1 saturated carbocycles. The van der Waals surface area contributed by atoms with Gasteiger partial charge >= 0.3 is 12.4 Å². The van der Waals surface area contributed by atoms with Gasteiger partial charge in [0, 0.05) is 24.9 Å². The summed E-state index contributed by atoms with van der Waals surface area (Å²) in [7, 11) is 0. The Morgan fingerprint density at radius 1 is 1.03 bits per heavy atom. The van der Waals surface area contributed by atoms with Crippen molar-refractivity contribution in [3.8, 4) is 5.75 Å². The number of piperidine rings is 1. The fraction of sp³-hybridized carbons (Fsp3) is 0.571. The molecule has 7 nitrogen and oxygen atoms in total. The normalized spacial score (nSPS) is 25.0. The first-order valence-corrected chi connectivity index (χ1v) is 10.7. The van der Waals surface area contributed by atoms with Crippen molar-refractivity contribution in [1.82, 2.24) is 19.9 Å². The monoisotopic (exact) mass is 472 g/mol. The maximum atomic E-state index is 13.3. The molecule has 3 fully saturated rings. The van der Waals surface area contributed by atoms with Crippen molar-refractivity contribution in [2.75, 3.05) is 26.2 Å². The summed E-state index contributed by atoms with van der Waals surface area (Å²) in [4.78, 5) is 19.9. The van der Waals surface area contributed by atoms with Crippen LogP contribution < -0.4 is 4.74 Å². The lowest BCUT2D eigenvalue weighted by molar-refractivity contribution is -0.274. The van der Waals surface area contributed by atoms with E-state index in [4.69, 9.17) is 4.52 Å². The summed E-state index contributed by atoms with van der Waals surface area (Å²) in [6.07, 6.45) is -2.29. The van der Waals surface area contributed by atoms with Gasteiger partial charge in [0.1, 0.15) is 5.75 Å². The van der Waals surface area contributed by atoms with Crippen molar-refractivity contribution < 1.29 is 36.0 Å². The second-order valence-electron chi connectivity index (χ2n) is 8.91. The number of carbonyl (C=O) groups excluding carboxylic acids is 1. The number of aromatic nitrogens is 2. The molecule has 12 heteroatoms. The number of rotatable bonds is 4. The van der Waals surface area contributed by atoms with Gasteiger partial charge in [0.05, 0.1) is 19.0 Å². The zero-order valence-corrected chi connectivity index (χ0v) is 17.4. The highest BCUT2D eigenvalue weighted by molar-refractivity contribution is 5.76. The molecule has 0 N–H and O–H groups in total. The molecule has 2 atom stereocenters. The molecule has 1 aromatic carbocycles. The van der Waals surface area contributed by atoms with Crippen molar-refractivity contribution in [1.29, 1.82) is 0 Å². The minimum atomic E-state index is -4.79. The highest BCUT2D eigenvalue weighted by Crippen LogP contribution is 2.41. The number of benzene rings is 1. The lowest BCUT2D eigenvalue weighted by Gasteiger charge is -2.44. The van der Waals surface area contributed by atoms with Crippen LogP contribution in [0.3, 0.4) is 0 Å². The largest absolute Gasteiger partial charge is 0.573 e. The van der Waals surface area contributed by atoms with Crippen LogP contribution in [0, 0.1) is 0 Å². The summed E-state index contributed by atoms with van der Waals surface area (Å²) in [5.74, 6) is -2.52.